The highest BCUT2D eigenvalue weighted by molar-refractivity contribution is 5.85. The molecule has 0 radical (unpaired) electrons. The van der Waals surface area contributed by atoms with Crippen LogP contribution in [0.25, 0.3) is 0 Å². The van der Waals surface area contributed by atoms with E-state index < -0.39 is 0 Å². The molecule has 7 atom stereocenters. The lowest BCUT2D eigenvalue weighted by molar-refractivity contribution is -0.146. The zero-order chi connectivity index (χ0) is 23.7. The van der Waals surface area contributed by atoms with Crippen molar-refractivity contribution in [2.24, 2.45) is 51.2 Å². The van der Waals surface area contributed by atoms with Gasteiger partial charge in [-0.15, -0.1) is 0 Å². The van der Waals surface area contributed by atoms with E-state index in [1.807, 2.05) is 13.8 Å². The molecule has 3 saturated carbocycles. The van der Waals surface area contributed by atoms with Gasteiger partial charge in [-0.3, -0.25) is 9.59 Å². The van der Waals surface area contributed by atoms with Gasteiger partial charge < -0.3 is 0 Å². The van der Waals surface area contributed by atoms with Crippen LogP contribution in [0.1, 0.15) is 113 Å². The molecule has 4 rings (SSSR count). The number of hydrogen-bond acceptors (Lipinski definition) is 2. The standard InChI is InChI=1S/C30H48O2/c1-19(2)24(31)11-9-20(3)21-13-17-30(8)23-10-12-25-27(4,5)26(32)15-16-28(25,6)22(23)14-18-29(21,30)7/h10,19-22,25H,9,11-18H2,1-8H3/t20-,21-,22?,25?,28+,29+,30-/m0/s1. The molecule has 0 N–H and O–H groups in total. The lowest BCUT2D eigenvalue weighted by atomic mass is 9.41. The summed E-state index contributed by atoms with van der Waals surface area (Å²) in [7, 11) is 0. The molecule has 3 fully saturated rings. The van der Waals surface area contributed by atoms with Gasteiger partial charge in [-0.2, -0.15) is 0 Å². The van der Waals surface area contributed by atoms with Crippen LogP contribution in [0.5, 0.6) is 0 Å². The number of Topliss-reactive ketones (excluding diaryl/α,β-unsaturated/α-hetero) is 2. The molecule has 2 nitrogen and oxygen atoms in total. The van der Waals surface area contributed by atoms with E-state index in [1.165, 1.54) is 25.7 Å². The van der Waals surface area contributed by atoms with Crippen molar-refractivity contribution in [3.05, 3.63) is 11.6 Å². The van der Waals surface area contributed by atoms with Gasteiger partial charge in [0, 0.05) is 24.2 Å². The molecule has 0 aliphatic heterocycles. The molecule has 4 aliphatic carbocycles. The predicted octanol–water partition coefficient (Wildman–Crippen LogP) is 7.80. The Morgan fingerprint density at radius 3 is 2.38 bits per heavy atom. The molecule has 0 aromatic heterocycles. The number of ketones is 2. The average Bonchev–Trinajstić information content (AvgIpc) is 3.00. The molecule has 0 spiro atoms. The summed E-state index contributed by atoms with van der Waals surface area (Å²) in [4.78, 5) is 25.1. The van der Waals surface area contributed by atoms with Crippen LogP contribution in [0.3, 0.4) is 0 Å². The minimum Gasteiger partial charge on any atom is -0.299 e. The summed E-state index contributed by atoms with van der Waals surface area (Å²) in [6, 6.07) is 0. The average molecular weight is 441 g/mol. The van der Waals surface area contributed by atoms with Crippen LogP contribution in [0.4, 0.5) is 0 Å². The van der Waals surface area contributed by atoms with Crippen LogP contribution in [-0.2, 0) is 9.59 Å². The molecule has 0 bridgehead atoms. The Balaban J connectivity index is 1.61. The monoisotopic (exact) mass is 440 g/mol. The first-order valence-electron chi connectivity index (χ1n) is 13.6. The number of carbonyl (C=O) groups excluding carboxylic acids is 2. The van der Waals surface area contributed by atoms with Crippen LogP contribution in [0.15, 0.2) is 11.6 Å². The lowest BCUT2D eigenvalue weighted by Crippen LogP contribution is -2.57. The van der Waals surface area contributed by atoms with Crippen molar-refractivity contribution in [3.63, 3.8) is 0 Å². The summed E-state index contributed by atoms with van der Waals surface area (Å²) >= 11 is 0. The van der Waals surface area contributed by atoms with Gasteiger partial charge in [0.25, 0.3) is 0 Å². The highest BCUT2D eigenvalue weighted by Crippen LogP contribution is 2.73. The molecule has 0 amide bonds. The van der Waals surface area contributed by atoms with E-state index >= 15 is 0 Å². The zero-order valence-electron chi connectivity index (χ0n) is 22.1. The smallest absolute Gasteiger partial charge is 0.138 e. The van der Waals surface area contributed by atoms with Crippen LogP contribution < -0.4 is 0 Å². The van der Waals surface area contributed by atoms with Crippen molar-refractivity contribution in [3.8, 4) is 0 Å². The Bertz CT molecular complexity index is 819. The molecule has 32 heavy (non-hydrogen) atoms. The van der Waals surface area contributed by atoms with E-state index in [0.29, 0.717) is 40.7 Å². The normalized spacial score (nSPS) is 43.8. The summed E-state index contributed by atoms with van der Waals surface area (Å²) in [6.45, 7) is 18.6. The number of carbonyl (C=O) groups is 2. The predicted molar refractivity (Wildman–Crippen MR) is 132 cm³/mol. The molecule has 4 aliphatic rings. The molecular formula is C30H48O2. The second-order valence-corrected chi connectivity index (χ2v) is 13.7. The highest BCUT2D eigenvalue weighted by atomic mass is 16.1. The van der Waals surface area contributed by atoms with Gasteiger partial charge in [0.05, 0.1) is 0 Å². The van der Waals surface area contributed by atoms with Crippen molar-refractivity contribution >= 4 is 11.6 Å². The number of fused-ring (bicyclic) bond motifs is 5. The minimum absolute atomic E-state index is 0.162. The van der Waals surface area contributed by atoms with Crippen molar-refractivity contribution in [2.45, 2.75) is 113 Å². The minimum atomic E-state index is -0.188. The van der Waals surface area contributed by atoms with Gasteiger partial charge in [0.15, 0.2) is 0 Å². The van der Waals surface area contributed by atoms with E-state index in [1.54, 1.807) is 5.57 Å². The molecule has 0 aromatic carbocycles. The van der Waals surface area contributed by atoms with Gasteiger partial charge in [0.1, 0.15) is 11.6 Å². The van der Waals surface area contributed by atoms with Gasteiger partial charge in [0.2, 0.25) is 0 Å². The summed E-state index contributed by atoms with van der Waals surface area (Å²) < 4.78 is 0. The Morgan fingerprint density at radius 1 is 1.03 bits per heavy atom. The van der Waals surface area contributed by atoms with Gasteiger partial charge in [-0.1, -0.05) is 67.0 Å². The van der Waals surface area contributed by atoms with Crippen molar-refractivity contribution < 1.29 is 9.59 Å². The fourth-order valence-corrected chi connectivity index (χ4v) is 9.33. The number of hydrogen-bond donors (Lipinski definition) is 0. The first-order chi connectivity index (χ1) is 14.8. The largest absolute Gasteiger partial charge is 0.299 e. The van der Waals surface area contributed by atoms with E-state index in [9.17, 15) is 9.59 Å². The summed E-state index contributed by atoms with van der Waals surface area (Å²) in [5, 5.41) is 0. The third-order valence-electron chi connectivity index (χ3n) is 11.8. The van der Waals surface area contributed by atoms with E-state index in [4.69, 9.17) is 0 Å². The van der Waals surface area contributed by atoms with Crippen LogP contribution in [0.2, 0.25) is 0 Å². The summed E-state index contributed by atoms with van der Waals surface area (Å²) in [5.74, 6) is 3.52. The van der Waals surface area contributed by atoms with Crippen molar-refractivity contribution in [2.75, 3.05) is 0 Å². The maximum Gasteiger partial charge on any atom is 0.138 e. The third-order valence-corrected chi connectivity index (χ3v) is 11.8. The van der Waals surface area contributed by atoms with Gasteiger partial charge in [-0.25, -0.2) is 0 Å². The lowest BCUT2D eigenvalue weighted by Gasteiger charge is -2.63. The molecule has 0 heterocycles. The van der Waals surface area contributed by atoms with Gasteiger partial charge >= 0.3 is 0 Å². The molecule has 2 heteroatoms. The third kappa shape index (κ3) is 3.24. The summed E-state index contributed by atoms with van der Waals surface area (Å²) in [5.41, 5.74) is 2.43. The Kier molecular flexibility index (Phi) is 5.91. The maximum absolute atomic E-state index is 12.8. The van der Waals surface area contributed by atoms with Crippen LogP contribution in [-0.4, -0.2) is 11.6 Å². The Hall–Kier alpha value is -0.920. The number of allylic oxidation sites excluding steroid dienone is 2. The molecule has 2 unspecified atom stereocenters. The van der Waals surface area contributed by atoms with E-state index in [2.05, 4.69) is 47.6 Å². The van der Waals surface area contributed by atoms with Crippen molar-refractivity contribution in [1.29, 1.82) is 0 Å². The van der Waals surface area contributed by atoms with E-state index in [-0.39, 0.29) is 22.2 Å². The number of rotatable bonds is 5. The molecule has 0 saturated heterocycles. The zero-order valence-corrected chi connectivity index (χ0v) is 22.1. The topological polar surface area (TPSA) is 34.1 Å². The summed E-state index contributed by atoms with van der Waals surface area (Å²) in [6.07, 6.45) is 12.5. The second kappa shape index (κ2) is 7.81. The fraction of sp³-hybridized carbons (Fsp3) is 0.867. The van der Waals surface area contributed by atoms with Gasteiger partial charge in [-0.05, 0) is 84.9 Å². The second-order valence-electron chi connectivity index (χ2n) is 13.7. The molecule has 0 aromatic rings. The van der Waals surface area contributed by atoms with Crippen molar-refractivity contribution in [1.82, 2.24) is 0 Å². The quantitative estimate of drug-likeness (QED) is 0.409. The first kappa shape index (κ1) is 24.2. The first-order valence-corrected chi connectivity index (χ1v) is 13.6. The van der Waals surface area contributed by atoms with Crippen LogP contribution >= 0.6 is 0 Å². The van der Waals surface area contributed by atoms with E-state index in [0.717, 1.165) is 32.1 Å². The molecular weight excluding hydrogens is 392 g/mol. The fourth-order valence-electron chi connectivity index (χ4n) is 9.33. The molecule has 180 valence electrons. The van der Waals surface area contributed by atoms with Crippen LogP contribution in [0, 0.1) is 51.2 Å². The Labute approximate surface area is 197 Å². The Morgan fingerprint density at radius 2 is 1.72 bits per heavy atom. The highest BCUT2D eigenvalue weighted by Gasteiger charge is 2.65. The SMILES string of the molecule is CC(C)C(=O)CC[C@H](C)[C@@H]1CC[C@@]2(C)C3=CCC4C(C)(C)C(=O)CC[C@]4(C)C3CC[C@]12C. The maximum atomic E-state index is 12.8.